The van der Waals surface area contributed by atoms with Crippen molar-refractivity contribution < 1.29 is 19.4 Å². The average Bonchev–Trinajstić information content (AvgIpc) is 2.39. The molecule has 19 heavy (non-hydrogen) atoms. The summed E-state index contributed by atoms with van der Waals surface area (Å²) in [6, 6.07) is 5.67. The van der Waals surface area contributed by atoms with E-state index in [1.807, 2.05) is 18.2 Å². The third-order valence-electron chi connectivity index (χ3n) is 3.60. The minimum absolute atomic E-state index is 0.001000. The highest BCUT2D eigenvalue weighted by molar-refractivity contribution is 5.71. The van der Waals surface area contributed by atoms with E-state index in [2.05, 4.69) is 0 Å². The Kier molecular flexibility index (Phi) is 4.10. The summed E-state index contributed by atoms with van der Waals surface area (Å²) < 4.78 is 10.2. The molecule has 1 aliphatic rings. The van der Waals surface area contributed by atoms with Crippen LogP contribution in [-0.2, 0) is 21.6 Å². The summed E-state index contributed by atoms with van der Waals surface area (Å²) in [6.07, 6.45) is 2.37. The molecule has 0 aromatic heterocycles. The smallest absolute Gasteiger partial charge is 0.309 e. The van der Waals surface area contributed by atoms with Gasteiger partial charge < -0.3 is 14.6 Å². The topological polar surface area (TPSA) is 55.8 Å². The van der Waals surface area contributed by atoms with Gasteiger partial charge in [0.1, 0.15) is 11.4 Å². The summed E-state index contributed by atoms with van der Waals surface area (Å²) in [6.45, 7) is 2.10. The van der Waals surface area contributed by atoms with Crippen molar-refractivity contribution >= 4 is 5.97 Å². The van der Waals surface area contributed by atoms with E-state index in [0.717, 1.165) is 24.0 Å². The number of aliphatic hydroxyl groups is 1. The standard InChI is InChI=1S/C15H20O4/c1-3-19-14(16)10-15(17)8-4-5-11-6-7-12(18-2)9-13(11)15/h6-7,9,17H,3-5,8,10H2,1-2H3/t15-/m1/s1. The maximum absolute atomic E-state index is 11.7. The van der Waals surface area contributed by atoms with E-state index in [1.54, 1.807) is 14.0 Å². The number of fused-ring (bicyclic) bond motifs is 1. The molecular formula is C15H20O4. The number of hydrogen-bond donors (Lipinski definition) is 1. The van der Waals surface area contributed by atoms with Crippen LogP contribution in [0.15, 0.2) is 18.2 Å². The molecule has 0 aliphatic heterocycles. The summed E-state index contributed by atoms with van der Waals surface area (Å²) >= 11 is 0. The first-order valence-corrected chi connectivity index (χ1v) is 6.64. The Morgan fingerprint density at radius 2 is 2.26 bits per heavy atom. The van der Waals surface area contributed by atoms with Crippen molar-refractivity contribution in [3.63, 3.8) is 0 Å². The number of ether oxygens (including phenoxy) is 2. The lowest BCUT2D eigenvalue weighted by atomic mass is 9.77. The number of benzene rings is 1. The quantitative estimate of drug-likeness (QED) is 0.847. The highest BCUT2D eigenvalue weighted by Gasteiger charge is 2.37. The summed E-state index contributed by atoms with van der Waals surface area (Å²) in [4.78, 5) is 11.7. The minimum Gasteiger partial charge on any atom is -0.497 e. The van der Waals surface area contributed by atoms with Crippen molar-refractivity contribution in [2.45, 2.75) is 38.2 Å². The van der Waals surface area contributed by atoms with Gasteiger partial charge in [0.2, 0.25) is 0 Å². The van der Waals surface area contributed by atoms with Gasteiger partial charge in [-0.15, -0.1) is 0 Å². The van der Waals surface area contributed by atoms with Crippen molar-refractivity contribution in [3.8, 4) is 5.75 Å². The van der Waals surface area contributed by atoms with Crippen LogP contribution in [0, 0.1) is 0 Å². The van der Waals surface area contributed by atoms with Crippen LogP contribution in [-0.4, -0.2) is 24.8 Å². The fourth-order valence-electron chi connectivity index (χ4n) is 2.67. The molecule has 0 unspecified atom stereocenters. The first-order valence-electron chi connectivity index (χ1n) is 6.64. The summed E-state index contributed by atoms with van der Waals surface area (Å²) in [5.74, 6) is 0.337. The van der Waals surface area contributed by atoms with Gasteiger partial charge in [-0.3, -0.25) is 4.79 Å². The molecule has 0 fully saturated rings. The first kappa shape index (κ1) is 13.9. The van der Waals surface area contributed by atoms with Crippen LogP contribution >= 0.6 is 0 Å². The molecule has 4 nitrogen and oxygen atoms in total. The van der Waals surface area contributed by atoms with E-state index in [4.69, 9.17) is 9.47 Å². The Morgan fingerprint density at radius 1 is 1.47 bits per heavy atom. The first-order chi connectivity index (χ1) is 9.09. The largest absolute Gasteiger partial charge is 0.497 e. The minimum atomic E-state index is -1.13. The maximum atomic E-state index is 11.7. The zero-order valence-electron chi connectivity index (χ0n) is 11.4. The Balaban J connectivity index is 2.31. The number of esters is 1. The molecule has 0 heterocycles. The van der Waals surface area contributed by atoms with Gasteiger partial charge in [-0.2, -0.15) is 0 Å². The predicted molar refractivity (Wildman–Crippen MR) is 71.1 cm³/mol. The zero-order chi connectivity index (χ0) is 13.9. The molecule has 0 bridgehead atoms. The third kappa shape index (κ3) is 2.89. The number of hydrogen-bond acceptors (Lipinski definition) is 4. The molecule has 0 spiro atoms. The zero-order valence-corrected chi connectivity index (χ0v) is 11.4. The lowest BCUT2D eigenvalue weighted by molar-refractivity contribution is -0.149. The van der Waals surface area contributed by atoms with Crippen LogP contribution in [0.5, 0.6) is 5.75 Å². The molecule has 1 N–H and O–H groups in total. The second kappa shape index (κ2) is 5.61. The fourth-order valence-corrected chi connectivity index (χ4v) is 2.67. The van der Waals surface area contributed by atoms with E-state index >= 15 is 0 Å². The van der Waals surface area contributed by atoms with E-state index in [1.165, 1.54) is 0 Å². The third-order valence-corrected chi connectivity index (χ3v) is 3.60. The maximum Gasteiger partial charge on any atom is 0.309 e. The van der Waals surface area contributed by atoms with Crippen molar-refractivity contribution in [3.05, 3.63) is 29.3 Å². The molecule has 0 saturated carbocycles. The van der Waals surface area contributed by atoms with Gasteiger partial charge in [0.15, 0.2) is 0 Å². The Hall–Kier alpha value is -1.55. The molecule has 1 aromatic rings. The molecule has 1 aliphatic carbocycles. The monoisotopic (exact) mass is 264 g/mol. The normalized spacial score (nSPS) is 21.6. The number of methoxy groups -OCH3 is 1. The fraction of sp³-hybridized carbons (Fsp3) is 0.533. The van der Waals surface area contributed by atoms with Gasteiger partial charge in [-0.25, -0.2) is 0 Å². The van der Waals surface area contributed by atoms with Crippen molar-refractivity contribution in [2.24, 2.45) is 0 Å². The second-order valence-electron chi connectivity index (χ2n) is 4.89. The lowest BCUT2D eigenvalue weighted by Gasteiger charge is -2.34. The summed E-state index contributed by atoms with van der Waals surface area (Å²) in [7, 11) is 1.59. The van der Waals surface area contributed by atoms with E-state index in [0.29, 0.717) is 18.8 Å². The highest BCUT2D eigenvalue weighted by Crippen LogP contribution is 2.39. The van der Waals surface area contributed by atoms with Crippen molar-refractivity contribution in [2.75, 3.05) is 13.7 Å². The van der Waals surface area contributed by atoms with E-state index in [9.17, 15) is 9.90 Å². The van der Waals surface area contributed by atoms with Crippen LogP contribution in [0.25, 0.3) is 0 Å². The van der Waals surface area contributed by atoms with Crippen LogP contribution in [0.3, 0.4) is 0 Å². The van der Waals surface area contributed by atoms with E-state index < -0.39 is 5.60 Å². The molecule has 1 aromatic carbocycles. The van der Waals surface area contributed by atoms with Gasteiger partial charge in [-0.1, -0.05) is 6.07 Å². The van der Waals surface area contributed by atoms with Gasteiger partial charge in [-0.05, 0) is 49.4 Å². The van der Waals surface area contributed by atoms with Gasteiger partial charge in [0.25, 0.3) is 0 Å². The molecule has 0 amide bonds. The van der Waals surface area contributed by atoms with Crippen LogP contribution in [0.4, 0.5) is 0 Å². The molecule has 0 radical (unpaired) electrons. The number of rotatable bonds is 4. The van der Waals surface area contributed by atoms with E-state index in [-0.39, 0.29) is 12.4 Å². The Labute approximate surface area is 113 Å². The van der Waals surface area contributed by atoms with Crippen molar-refractivity contribution in [1.82, 2.24) is 0 Å². The molecular weight excluding hydrogens is 244 g/mol. The Bertz CT molecular complexity index is 469. The average molecular weight is 264 g/mol. The predicted octanol–water partition coefficient (Wildman–Crippen LogP) is 2.17. The van der Waals surface area contributed by atoms with Crippen LogP contribution in [0.1, 0.15) is 37.3 Å². The number of carbonyl (C=O) groups excluding carboxylic acids is 1. The summed E-state index contributed by atoms with van der Waals surface area (Å²) in [5, 5.41) is 10.8. The van der Waals surface area contributed by atoms with Crippen molar-refractivity contribution in [1.29, 1.82) is 0 Å². The lowest BCUT2D eigenvalue weighted by Crippen LogP contribution is -2.33. The Morgan fingerprint density at radius 3 is 2.95 bits per heavy atom. The molecule has 104 valence electrons. The summed E-state index contributed by atoms with van der Waals surface area (Å²) in [5.41, 5.74) is 0.749. The van der Waals surface area contributed by atoms with Gasteiger partial charge >= 0.3 is 5.97 Å². The molecule has 4 heteroatoms. The van der Waals surface area contributed by atoms with Crippen LogP contribution in [0.2, 0.25) is 0 Å². The molecule has 0 saturated heterocycles. The van der Waals surface area contributed by atoms with Gasteiger partial charge in [0, 0.05) is 0 Å². The van der Waals surface area contributed by atoms with Crippen LogP contribution < -0.4 is 4.74 Å². The number of aryl methyl sites for hydroxylation is 1. The second-order valence-corrected chi connectivity index (χ2v) is 4.89. The molecule has 1 atom stereocenters. The van der Waals surface area contributed by atoms with Gasteiger partial charge in [0.05, 0.1) is 20.1 Å². The molecule has 2 rings (SSSR count). The highest BCUT2D eigenvalue weighted by atomic mass is 16.5. The SMILES string of the molecule is CCOC(=O)C[C@]1(O)CCCc2ccc(OC)cc21. The number of carbonyl (C=O) groups is 1.